The van der Waals surface area contributed by atoms with Crippen LogP contribution < -0.4 is 15.7 Å². The van der Waals surface area contributed by atoms with Gasteiger partial charge in [0.25, 0.3) is 0 Å². The van der Waals surface area contributed by atoms with Crippen LogP contribution in [0.25, 0.3) is 0 Å². The van der Waals surface area contributed by atoms with Gasteiger partial charge in [0.1, 0.15) is 0 Å². The molecule has 0 spiro atoms. The van der Waals surface area contributed by atoms with Gasteiger partial charge in [-0.3, -0.25) is 0 Å². The van der Waals surface area contributed by atoms with E-state index in [2.05, 4.69) is 105 Å². The van der Waals surface area contributed by atoms with Gasteiger partial charge in [-0.15, -0.1) is 0 Å². The van der Waals surface area contributed by atoms with Crippen molar-refractivity contribution in [3.8, 4) is 0 Å². The Hall–Kier alpha value is -2.20. The summed E-state index contributed by atoms with van der Waals surface area (Å²) in [6.45, 7) is 8.91. The van der Waals surface area contributed by atoms with Gasteiger partial charge in [0.2, 0.25) is 9.04 Å². The van der Waals surface area contributed by atoms with Crippen LogP contribution in [0.5, 0.6) is 0 Å². The van der Waals surface area contributed by atoms with E-state index in [1.54, 1.807) is 0 Å². The maximum Gasteiger partial charge on any atom is 0.240 e. The van der Waals surface area contributed by atoms with Crippen LogP contribution in [0.15, 0.2) is 78.9 Å². The number of nitrogens with one attached hydrogen (secondary N) is 1. The number of hydrogen-bond acceptors (Lipinski definition) is 2. The third-order valence-corrected chi connectivity index (χ3v) is 8.21. The molecule has 1 aliphatic rings. The zero-order valence-corrected chi connectivity index (χ0v) is 18.8. The quantitative estimate of drug-likeness (QED) is 0.653. The SMILES string of the molecule is CC(C)(C)C(O[SiH](c1ccccc1)c1ccccc1)c1ccc2c(c1)CCNC2. The maximum atomic E-state index is 7.09. The van der Waals surface area contributed by atoms with Crippen LogP contribution in [0, 0.1) is 5.41 Å². The zero-order chi connectivity index (χ0) is 20.3. The molecular weight excluding hydrogens is 370 g/mol. The molecule has 0 amide bonds. The fourth-order valence-electron chi connectivity index (χ4n) is 4.18. The number of benzene rings is 3. The van der Waals surface area contributed by atoms with E-state index in [4.69, 9.17) is 4.43 Å². The molecule has 3 heteroatoms. The summed E-state index contributed by atoms with van der Waals surface area (Å²) in [5, 5.41) is 6.13. The molecule has 150 valence electrons. The first-order valence-electron chi connectivity index (χ1n) is 10.6. The van der Waals surface area contributed by atoms with Gasteiger partial charge >= 0.3 is 0 Å². The monoisotopic (exact) mass is 401 g/mol. The van der Waals surface area contributed by atoms with Gasteiger partial charge in [0.05, 0.1) is 6.10 Å². The van der Waals surface area contributed by atoms with Crippen LogP contribution in [0.3, 0.4) is 0 Å². The molecule has 4 rings (SSSR count). The van der Waals surface area contributed by atoms with E-state index < -0.39 is 9.04 Å². The summed E-state index contributed by atoms with van der Waals surface area (Å²) in [6, 6.07) is 28.5. The van der Waals surface area contributed by atoms with Crippen molar-refractivity contribution in [3.05, 3.63) is 95.6 Å². The van der Waals surface area contributed by atoms with Crippen molar-refractivity contribution in [2.75, 3.05) is 6.54 Å². The van der Waals surface area contributed by atoms with E-state index >= 15 is 0 Å². The highest BCUT2D eigenvalue weighted by molar-refractivity contribution is 6.80. The first-order valence-corrected chi connectivity index (χ1v) is 12.2. The summed E-state index contributed by atoms with van der Waals surface area (Å²) in [5.41, 5.74) is 4.21. The zero-order valence-electron chi connectivity index (χ0n) is 17.7. The predicted molar refractivity (Wildman–Crippen MR) is 124 cm³/mol. The molecule has 1 heterocycles. The standard InChI is InChI=1S/C26H31NOSi/c1-26(2,3)25(21-14-15-22-19-27-17-16-20(22)18-21)28-29(23-10-6-4-7-11-23)24-12-8-5-9-13-24/h4-15,18,25,27,29H,16-17,19H2,1-3H3. The second kappa shape index (κ2) is 8.66. The van der Waals surface area contributed by atoms with Gasteiger partial charge in [-0.2, -0.15) is 0 Å². The third-order valence-electron chi connectivity index (χ3n) is 5.68. The molecule has 0 aliphatic carbocycles. The third kappa shape index (κ3) is 4.69. The minimum atomic E-state index is -1.82. The Balaban J connectivity index is 1.73. The van der Waals surface area contributed by atoms with E-state index in [0.29, 0.717) is 0 Å². The first-order chi connectivity index (χ1) is 14.0. The average Bonchev–Trinajstić information content (AvgIpc) is 2.74. The van der Waals surface area contributed by atoms with Crippen LogP contribution in [-0.4, -0.2) is 15.6 Å². The Kier molecular flexibility index (Phi) is 6.00. The number of fused-ring (bicyclic) bond motifs is 1. The van der Waals surface area contributed by atoms with E-state index in [1.165, 1.54) is 27.1 Å². The van der Waals surface area contributed by atoms with Crippen LogP contribution in [0.1, 0.15) is 43.6 Å². The van der Waals surface area contributed by atoms with Crippen molar-refractivity contribution in [1.82, 2.24) is 5.32 Å². The van der Waals surface area contributed by atoms with Gasteiger partial charge < -0.3 is 9.74 Å². The summed E-state index contributed by atoms with van der Waals surface area (Å²) in [5.74, 6) is 0. The Labute approximate surface area is 176 Å². The van der Waals surface area contributed by atoms with Crippen molar-refractivity contribution >= 4 is 19.4 Å². The Morgan fingerprint density at radius 2 is 1.45 bits per heavy atom. The lowest BCUT2D eigenvalue weighted by molar-refractivity contribution is 0.0896. The van der Waals surface area contributed by atoms with Crippen molar-refractivity contribution in [1.29, 1.82) is 0 Å². The summed E-state index contributed by atoms with van der Waals surface area (Å²) in [7, 11) is -1.82. The van der Waals surface area contributed by atoms with Crippen LogP contribution >= 0.6 is 0 Å². The minimum absolute atomic E-state index is 0.00989. The summed E-state index contributed by atoms with van der Waals surface area (Å²) in [4.78, 5) is 0. The Bertz CT molecular complexity index is 894. The molecule has 0 bridgehead atoms. The topological polar surface area (TPSA) is 21.3 Å². The van der Waals surface area contributed by atoms with Crippen LogP contribution in [0.2, 0.25) is 0 Å². The number of rotatable bonds is 5. The summed E-state index contributed by atoms with van der Waals surface area (Å²) >= 11 is 0. The minimum Gasteiger partial charge on any atom is -0.403 e. The molecule has 0 fully saturated rings. The molecule has 0 saturated heterocycles. The van der Waals surface area contributed by atoms with Crippen molar-refractivity contribution in [3.63, 3.8) is 0 Å². The normalized spacial score (nSPS) is 15.2. The van der Waals surface area contributed by atoms with Crippen LogP contribution in [-0.2, 0) is 17.4 Å². The van der Waals surface area contributed by atoms with Crippen LogP contribution in [0.4, 0.5) is 0 Å². The van der Waals surface area contributed by atoms with E-state index in [-0.39, 0.29) is 11.5 Å². The first kappa shape index (κ1) is 20.1. The van der Waals surface area contributed by atoms with E-state index in [1.807, 2.05) is 0 Å². The lowest BCUT2D eigenvalue weighted by Gasteiger charge is -2.35. The smallest absolute Gasteiger partial charge is 0.240 e. The fraction of sp³-hybridized carbons (Fsp3) is 0.308. The highest BCUT2D eigenvalue weighted by atomic mass is 28.3. The van der Waals surface area contributed by atoms with E-state index in [0.717, 1.165) is 19.5 Å². The molecule has 1 aliphatic heterocycles. The lowest BCUT2D eigenvalue weighted by Crippen LogP contribution is -2.47. The Morgan fingerprint density at radius 3 is 2.03 bits per heavy atom. The fourth-order valence-corrected chi connectivity index (χ4v) is 6.86. The lowest BCUT2D eigenvalue weighted by atomic mass is 9.83. The van der Waals surface area contributed by atoms with Gasteiger partial charge in [0, 0.05) is 6.54 Å². The van der Waals surface area contributed by atoms with Gasteiger partial charge in [-0.05, 0) is 45.4 Å². The molecule has 1 atom stereocenters. The average molecular weight is 402 g/mol. The maximum absolute atomic E-state index is 7.09. The molecule has 0 aromatic heterocycles. The second-order valence-electron chi connectivity index (χ2n) is 9.04. The second-order valence-corrected chi connectivity index (χ2v) is 11.4. The highest BCUT2D eigenvalue weighted by Crippen LogP contribution is 2.37. The van der Waals surface area contributed by atoms with Crippen molar-refractivity contribution in [2.24, 2.45) is 5.41 Å². The highest BCUT2D eigenvalue weighted by Gasteiger charge is 2.32. The van der Waals surface area contributed by atoms with E-state index in [9.17, 15) is 0 Å². The molecule has 1 N–H and O–H groups in total. The molecule has 2 nitrogen and oxygen atoms in total. The summed E-state index contributed by atoms with van der Waals surface area (Å²) < 4.78 is 7.09. The molecule has 29 heavy (non-hydrogen) atoms. The number of hydrogen-bond donors (Lipinski definition) is 1. The van der Waals surface area contributed by atoms with Crippen molar-refractivity contribution < 1.29 is 4.43 Å². The predicted octanol–water partition coefficient (Wildman–Crippen LogP) is 3.97. The molecule has 1 unspecified atom stereocenters. The van der Waals surface area contributed by atoms with Crippen molar-refractivity contribution in [2.45, 2.75) is 39.8 Å². The van der Waals surface area contributed by atoms with Gasteiger partial charge in [0.15, 0.2) is 0 Å². The molecule has 3 aromatic carbocycles. The Morgan fingerprint density at radius 1 is 0.828 bits per heavy atom. The molecule has 0 radical (unpaired) electrons. The summed E-state index contributed by atoms with van der Waals surface area (Å²) in [6.07, 6.45) is 1.15. The molecule has 0 saturated carbocycles. The largest absolute Gasteiger partial charge is 0.403 e. The van der Waals surface area contributed by atoms with Gasteiger partial charge in [-0.25, -0.2) is 0 Å². The molecular formula is C26H31NOSi. The van der Waals surface area contributed by atoms with Gasteiger partial charge in [-0.1, -0.05) is 99.6 Å². The molecule has 3 aromatic rings.